The monoisotopic (exact) mass is 577 g/mol. The molecule has 226 valence electrons. The van der Waals surface area contributed by atoms with Gasteiger partial charge in [0, 0.05) is 48.9 Å². The molecule has 42 heavy (non-hydrogen) atoms. The fourth-order valence-corrected chi connectivity index (χ4v) is 6.64. The normalized spacial score (nSPS) is 21.0. The number of esters is 1. The van der Waals surface area contributed by atoms with Crippen molar-refractivity contribution in [3.05, 3.63) is 52.8 Å². The van der Waals surface area contributed by atoms with Crippen LogP contribution in [0.2, 0.25) is 0 Å². The van der Waals surface area contributed by atoms with Crippen molar-refractivity contribution in [2.75, 3.05) is 31.6 Å². The molecule has 0 radical (unpaired) electrons. The van der Waals surface area contributed by atoms with Crippen molar-refractivity contribution in [1.82, 2.24) is 19.5 Å². The number of aromatic nitrogens is 3. The Labute approximate surface area is 248 Å². The van der Waals surface area contributed by atoms with Gasteiger partial charge in [0.25, 0.3) is 5.91 Å². The van der Waals surface area contributed by atoms with Gasteiger partial charge in [0.1, 0.15) is 12.0 Å². The Morgan fingerprint density at radius 3 is 2.45 bits per heavy atom. The molecule has 2 atom stereocenters. The first-order valence-electron chi connectivity index (χ1n) is 15.3. The topological polar surface area (TPSA) is 80.0 Å². The SMILES string of the molecule is CCOC(=O)C[C@@H]1CCN(C(=O)c2cc3nc(C4CCC(C)(C)CC4)cc(N(C)c4c(C)cccc4C)n3n2)C[C@@H]1F. The van der Waals surface area contributed by atoms with Crippen molar-refractivity contribution in [2.45, 2.75) is 85.2 Å². The summed E-state index contributed by atoms with van der Waals surface area (Å²) in [6.07, 6.45) is 3.57. The van der Waals surface area contributed by atoms with Gasteiger partial charge in [0.05, 0.1) is 19.6 Å². The van der Waals surface area contributed by atoms with Crippen molar-refractivity contribution in [3.63, 3.8) is 0 Å². The number of fused-ring (bicyclic) bond motifs is 1. The Hall–Kier alpha value is -3.49. The third kappa shape index (κ3) is 6.15. The Balaban J connectivity index is 1.47. The number of para-hydroxylation sites is 1. The molecular weight excluding hydrogens is 533 g/mol. The van der Waals surface area contributed by atoms with Gasteiger partial charge in [-0.1, -0.05) is 32.0 Å². The first-order valence-corrected chi connectivity index (χ1v) is 15.3. The summed E-state index contributed by atoms with van der Waals surface area (Å²) in [4.78, 5) is 34.2. The summed E-state index contributed by atoms with van der Waals surface area (Å²) < 4.78 is 21.8. The van der Waals surface area contributed by atoms with E-state index in [0.29, 0.717) is 29.9 Å². The second-order valence-corrected chi connectivity index (χ2v) is 12.9. The number of piperidine rings is 1. The Morgan fingerprint density at radius 1 is 1.12 bits per heavy atom. The maximum atomic E-state index is 15.1. The van der Waals surface area contributed by atoms with Crippen LogP contribution in [0.5, 0.6) is 0 Å². The molecule has 0 spiro atoms. The van der Waals surface area contributed by atoms with E-state index in [2.05, 4.69) is 56.9 Å². The molecule has 1 saturated heterocycles. The molecule has 1 amide bonds. The second-order valence-electron chi connectivity index (χ2n) is 12.9. The molecule has 3 aromatic rings. The highest BCUT2D eigenvalue weighted by molar-refractivity contribution is 5.93. The third-order valence-corrected chi connectivity index (χ3v) is 9.22. The lowest BCUT2D eigenvalue weighted by molar-refractivity contribution is -0.145. The van der Waals surface area contributed by atoms with Gasteiger partial charge in [-0.05, 0) is 69.4 Å². The number of nitrogens with zero attached hydrogens (tertiary/aromatic N) is 5. The molecule has 0 N–H and O–H groups in total. The van der Waals surface area contributed by atoms with E-state index in [4.69, 9.17) is 14.8 Å². The van der Waals surface area contributed by atoms with Gasteiger partial charge in [-0.25, -0.2) is 9.37 Å². The van der Waals surface area contributed by atoms with Gasteiger partial charge in [0.15, 0.2) is 11.3 Å². The molecule has 1 aliphatic carbocycles. The van der Waals surface area contributed by atoms with Crippen molar-refractivity contribution in [3.8, 4) is 0 Å². The van der Waals surface area contributed by atoms with E-state index in [1.807, 2.05) is 7.05 Å². The number of halogens is 1. The maximum absolute atomic E-state index is 15.1. The Morgan fingerprint density at radius 2 is 1.81 bits per heavy atom. The molecule has 8 nitrogen and oxygen atoms in total. The molecule has 2 aliphatic rings. The van der Waals surface area contributed by atoms with Crippen molar-refractivity contribution < 1.29 is 18.7 Å². The number of anilines is 2. The summed E-state index contributed by atoms with van der Waals surface area (Å²) in [6, 6.07) is 10.1. The molecule has 0 bridgehead atoms. The lowest BCUT2D eigenvalue weighted by atomic mass is 9.72. The van der Waals surface area contributed by atoms with E-state index in [1.165, 1.54) is 4.90 Å². The maximum Gasteiger partial charge on any atom is 0.306 e. The zero-order chi connectivity index (χ0) is 30.2. The quantitative estimate of drug-likeness (QED) is 0.296. The number of alkyl halides is 1. The minimum absolute atomic E-state index is 0.0322. The van der Waals surface area contributed by atoms with Crippen LogP contribution in [0.3, 0.4) is 0 Å². The van der Waals surface area contributed by atoms with Crippen LogP contribution in [-0.4, -0.2) is 64.3 Å². The third-order valence-electron chi connectivity index (χ3n) is 9.22. The molecule has 3 heterocycles. The molecule has 9 heteroatoms. The average Bonchev–Trinajstić information content (AvgIpc) is 3.37. The highest BCUT2D eigenvalue weighted by Gasteiger charge is 2.35. The largest absolute Gasteiger partial charge is 0.466 e. The van der Waals surface area contributed by atoms with E-state index < -0.39 is 18.1 Å². The standard InChI is InChI=1S/C33H44FN5O3/c1-7-42-30(40)17-24-13-16-38(20-25(24)34)32(41)27-18-28-35-26(23-11-14-33(4,5)15-12-23)19-29(39(28)36-27)37(6)31-21(2)9-8-10-22(31)3/h8-10,18-19,23-25H,7,11-17,20H2,1-6H3/t24-,25-/m0/s1. The predicted octanol–water partition coefficient (Wildman–Crippen LogP) is 6.55. The molecule has 5 rings (SSSR count). The molecule has 1 aromatic carbocycles. The zero-order valence-corrected chi connectivity index (χ0v) is 25.8. The summed E-state index contributed by atoms with van der Waals surface area (Å²) in [5, 5.41) is 4.74. The van der Waals surface area contributed by atoms with Gasteiger partial charge >= 0.3 is 5.97 Å². The molecule has 1 aliphatic heterocycles. The highest BCUT2D eigenvalue weighted by atomic mass is 19.1. The van der Waals surface area contributed by atoms with Crippen molar-refractivity contribution in [2.24, 2.45) is 11.3 Å². The minimum atomic E-state index is -1.30. The number of amides is 1. The first-order chi connectivity index (χ1) is 20.0. The van der Waals surface area contributed by atoms with E-state index in [-0.39, 0.29) is 31.2 Å². The molecular formula is C33H44FN5O3. The van der Waals surface area contributed by atoms with E-state index in [0.717, 1.165) is 54.0 Å². The van der Waals surface area contributed by atoms with Gasteiger partial charge in [-0.3, -0.25) is 9.59 Å². The zero-order valence-electron chi connectivity index (χ0n) is 25.8. The summed E-state index contributed by atoms with van der Waals surface area (Å²) in [6.45, 7) is 11.2. The number of aryl methyl sites for hydroxylation is 2. The number of carbonyl (C=O) groups excluding carboxylic acids is 2. The van der Waals surface area contributed by atoms with Crippen LogP contribution >= 0.6 is 0 Å². The van der Waals surface area contributed by atoms with Gasteiger partial charge in [-0.2, -0.15) is 9.61 Å². The van der Waals surface area contributed by atoms with Crippen LogP contribution in [0.4, 0.5) is 15.9 Å². The lowest BCUT2D eigenvalue weighted by Crippen LogP contribution is -2.45. The van der Waals surface area contributed by atoms with Crippen LogP contribution in [0.25, 0.3) is 5.65 Å². The van der Waals surface area contributed by atoms with Crippen LogP contribution < -0.4 is 4.90 Å². The second kappa shape index (κ2) is 12.0. The number of ether oxygens (including phenoxy) is 1. The van der Waals surface area contributed by atoms with Crippen LogP contribution in [0, 0.1) is 25.2 Å². The molecule has 2 aromatic heterocycles. The number of benzene rings is 1. The molecule has 2 fully saturated rings. The van der Waals surface area contributed by atoms with E-state index in [1.54, 1.807) is 17.5 Å². The average molecular weight is 578 g/mol. The van der Waals surface area contributed by atoms with E-state index >= 15 is 4.39 Å². The van der Waals surface area contributed by atoms with E-state index in [9.17, 15) is 9.59 Å². The molecule has 1 saturated carbocycles. The van der Waals surface area contributed by atoms with Crippen LogP contribution in [0.1, 0.15) is 92.5 Å². The fourth-order valence-electron chi connectivity index (χ4n) is 6.64. The first kappa shape index (κ1) is 30.0. The Kier molecular flexibility index (Phi) is 8.58. The minimum Gasteiger partial charge on any atom is -0.466 e. The van der Waals surface area contributed by atoms with Crippen LogP contribution in [-0.2, 0) is 9.53 Å². The predicted molar refractivity (Wildman–Crippen MR) is 162 cm³/mol. The van der Waals surface area contributed by atoms with Crippen LogP contribution in [0.15, 0.2) is 30.3 Å². The molecule has 0 unspecified atom stereocenters. The highest BCUT2D eigenvalue weighted by Crippen LogP contribution is 2.43. The number of hydrogen-bond acceptors (Lipinski definition) is 6. The van der Waals surface area contributed by atoms with Gasteiger partial charge < -0.3 is 14.5 Å². The number of likely N-dealkylation sites (tertiary alicyclic amines) is 1. The number of rotatable bonds is 7. The summed E-state index contributed by atoms with van der Waals surface area (Å²) in [5.74, 6) is 0.0192. The van der Waals surface area contributed by atoms with Crippen molar-refractivity contribution in [1.29, 1.82) is 0 Å². The Bertz CT molecular complexity index is 1440. The summed E-state index contributed by atoms with van der Waals surface area (Å²) in [7, 11) is 2.03. The van der Waals surface area contributed by atoms with Gasteiger partial charge in [0.2, 0.25) is 0 Å². The lowest BCUT2D eigenvalue weighted by Gasteiger charge is -2.34. The fraction of sp³-hybridized carbons (Fsp3) is 0.576. The number of hydrogen-bond donors (Lipinski definition) is 0. The van der Waals surface area contributed by atoms with Gasteiger partial charge in [-0.15, -0.1) is 0 Å². The number of carbonyl (C=O) groups is 2. The summed E-state index contributed by atoms with van der Waals surface area (Å²) in [5.41, 5.74) is 5.60. The summed E-state index contributed by atoms with van der Waals surface area (Å²) >= 11 is 0. The smallest absolute Gasteiger partial charge is 0.306 e. The van der Waals surface area contributed by atoms with Crippen molar-refractivity contribution >= 4 is 29.0 Å².